The summed E-state index contributed by atoms with van der Waals surface area (Å²) in [6, 6.07) is 8.34. The molecule has 8 heteroatoms. The van der Waals surface area contributed by atoms with Crippen molar-refractivity contribution in [2.45, 2.75) is 26.9 Å². The molecule has 8 nitrogen and oxygen atoms in total. The van der Waals surface area contributed by atoms with E-state index >= 15 is 0 Å². The first-order valence-electron chi connectivity index (χ1n) is 8.67. The van der Waals surface area contributed by atoms with Crippen molar-refractivity contribution < 1.29 is 9.72 Å². The second kappa shape index (κ2) is 7.65. The second-order valence-electron chi connectivity index (χ2n) is 6.64. The Balaban J connectivity index is 1.53. The van der Waals surface area contributed by atoms with Gasteiger partial charge < -0.3 is 4.90 Å². The average molecular weight is 357 g/mol. The normalized spacial score (nSPS) is 15.2. The molecule has 2 heterocycles. The number of rotatable bonds is 5. The van der Waals surface area contributed by atoms with Crippen molar-refractivity contribution >= 4 is 11.6 Å². The molecule has 1 fully saturated rings. The monoisotopic (exact) mass is 357 g/mol. The lowest BCUT2D eigenvalue weighted by atomic mass is 10.1. The summed E-state index contributed by atoms with van der Waals surface area (Å²) < 4.78 is 1.36. The zero-order valence-electron chi connectivity index (χ0n) is 15.1. The van der Waals surface area contributed by atoms with Crippen molar-refractivity contribution in [1.82, 2.24) is 19.6 Å². The third-order valence-corrected chi connectivity index (χ3v) is 4.79. The van der Waals surface area contributed by atoms with Crippen LogP contribution >= 0.6 is 0 Å². The molecule has 0 aliphatic carbocycles. The molecule has 0 saturated carbocycles. The number of piperazine rings is 1. The van der Waals surface area contributed by atoms with Gasteiger partial charge in [-0.25, -0.2) is 0 Å². The van der Waals surface area contributed by atoms with Gasteiger partial charge in [-0.1, -0.05) is 24.3 Å². The predicted molar refractivity (Wildman–Crippen MR) is 96.7 cm³/mol. The van der Waals surface area contributed by atoms with Crippen molar-refractivity contribution in [2.24, 2.45) is 0 Å². The van der Waals surface area contributed by atoms with E-state index in [1.165, 1.54) is 22.0 Å². The van der Waals surface area contributed by atoms with Crippen molar-refractivity contribution in [2.75, 3.05) is 26.2 Å². The predicted octanol–water partition coefficient (Wildman–Crippen LogP) is 1.75. The van der Waals surface area contributed by atoms with Crippen LogP contribution in [-0.4, -0.2) is 56.6 Å². The first-order valence-corrected chi connectivity index (χ1v) is 8.67. The molecule has 0 bridgehead atoms. The summed E-state index contributed by atoms with van der Waals surface area (Å²) in [5.41, 5.74) is 2.86. The number of aromatic nitrogens is 2. The van der Waals surface area contributed by atoms with Gasteiger partial charge in [0.05, 0.1) is 4.92 Å². The fourth-order valence-corrected chi connectivity index (χ4v) is 3.19. The van der Waals surface area contributed by atoms with Gasteiger partial charge in [-0.2, -0.15) is 5.10 Å². The minimum atomic E-state index is -0.479. The van der Waals surface area contributed by atoms with Crippen LogP contribution in [0.5, 0.6) is 0 Å². The van der Waals surface area contributed by atoms with E-state index in [2.05, 4.69) is 29.1 Å². The maximum absolute atomic E-state index is 12.5. The molecule has 0 spiro atoms. The Morgan fingerprint density at radius 1 is 1.19 bits per heavy atom. The van der Waals surface area contributed by atoms with Gasteiger partial charge in [-0.15, -0.1) is 0 Å². The van der Waals surface area contributed by atoms with Crippen molar-refractivity contribution in [3.05, 3.63) is 57.4 Å². The van der Waals surface area contributed by atoms with E-state index in [1.807, 2.05) is 12.1 Å². The molecule has 1 amide bonds. The average Bonchev–Trinajstić information content (AvgIpc) is 2.98. The number of nitrogens with zero attached hydrogens (tertiary/aromatic N) is 5. The van der Waals surface area contributed by atoms with Crippen LogP contribution in [0.2, 0.25) is 0 Å². The minimum Gasteiger partial charge on any atom is -0.339 e. The second-order valence-corrected chi connectivity index (χ2v) is 6.64. The van der Waals surface area contributed by atoms with E-state index < -0.39 is 4.92 Å². The Hall–Kier alpha value is -2.74. The van der Waals surface area contributed by atoms with Gasteiger partial charge in [-0.05, 0) is 25.0 Å². The van der Waals surface area contributed by atoms with Gasteiger partial charge in [0.15, 0.2) is 0 Å². The maximum atomic E-state index is 12.5. The topological polar surface area (TPSA) is 84.5 Å². The third kappa shape index (κ3) is 4.08. The summed E-state index contributed by atoms with van der Waals surface area (Å²) in [6.45, 7) is 7.56. The number of amides is 1. The highest BCUT2D eigenvalue weighted by molar-refractivity contribution is 5.76. The smallest absolute Gasteiger partial charge is 0.309 e. The summed E-state index contributed by atoms with van der Waals surface area (Å²) in [4.78, 5) is 27.0. The lowest BCUT2D eigenvalue weighted by Crippen LogP contribution is -2.49. The highest BCUT2D eigenvalue weighted by Gasteiger charge is 2.23. The molecule has 26 heavy (non-hydrogen) atoms. The van der Waals surface area contributed by atoms with Crippen LogP contribution in [0.3, 0.4) is 0 Å². The lowest BCUT2D eigenvalue weighted by Gasteiger charge is -2.35. The molecule has 3 rings (SSSR count). The number of aryl methyl sites for hydroxylation is 2. The Kier molecular flexibility index (Phi) is 5.32. The van der Waals surface area contributed by atoms with E-state index in [-0.39, 0.29) is 18.1 Å². The molecule has 0 N–H and O–H groups in total. The number of benzene rings is 1. The molecule has 0 unspecified atom stereocenters. The summed E-state index contributed by atoms with van der Waals surface area (Å²) in [6.07, 6.45) is 1.32. The van der Waals surface area contributed by atoms with Crippen molar-refractivity contribution in [3.8, 4) is 0 Å². The van der Waals surface area contributed by atoms with E-state index in [1.54, 1.807) is 11.8 Å². The van der Waals surface area contributed by atoms with Crippen LogP contribution in [0.1, 0.15) is 16.8 Å². The van der Waals surface area contributed by atoms with Gasteiger partial charge >= 0.3 is 5.69 Å². The molecule has 1 saturated heterocycles. The van der Waals surface area contributed by atoms with Crippen LogP contribution in [0.15, 0.2) is 30.5 Å². The molecule has 138 valence electrons. The molecular formula is C18H23N5O3. The van der Waals surface area contributed by atoms with E-state index in [0.717, 1.165) is 19.6 Å². The number of carbonyl (C=O) groups is 1. The van der Waals surface area contributed by atoms with Crippen LogP contribution < -0.4 is 0 Å². The fourth-order valence-electron chi connectivity index (χ4n) is 3.19. The Labute approximate surface area is 152 Å². The van der Waals surface area contributed by atoms with Gasteiger partial charge in [0.25, 0.3) is 0 Å². The Morgan fingerprint density at radius 2 is 1.88 bits per heavy atom. The van der Waals surface area contributed by atoms with E-state index in [9.17, 15) is 14.9 Å². The quantitative estimate of drug-likeness (QED) is 0.601. The molecule has 1 aliphatic rings. The number of hydrogen-bond donors (Lipinski definition) is 0. The minimum absolute atomic E-state index is 0.0342. The number of carbonyl (C=O) groups excluding carboxylic acids is 1. The van der Waals surface area contributed by atoms with E-state index in [4.69, 9.17) is 0 Å². The van der Waals surface area contributed by atoms with Crippen LogP contribution in [-0.2, 0) is 17.9 Å². The van der Waals surface area contributed by atoms with Gasteiger partial charge in [0.2, 0.25) is 5.91 Å². The maximum Gasteiger partial charge on any atom is 0.309 e. The molecule has 0 atom stereocenters. The molecule has 1 aliphatic heterocycles. The van der Waals surface area contributed by atoms with Crippen LogP contribution in [0, 0.1) is 24.0 Å². The van der Waals surface area contributed by atoms with Gasteiger partial charge in [-0.3, -0.25) is 24.5 Å². The highest BCUT2D eigenvalue weighted by Crippen LogP contribution is 2.16. The summed E-state index contributed by atoms with van der Waals surface area (Å²) >= 11 is 0. The molecule has 2 aromatic rings. The van der Waals surface area contributed by atoms with Crippen LogP contribution in [0.25, 0.3) is 0 Å². The Morgan fingerprint density at radius 3 is 2.50 bits per heavy atom. The third-order valence-electron chi connectivity index (χ3n) is 4.79. The van der Waals surface area contributed by atoms with Crippen molar-refractivity contribution in [3.63, 3.8) is 0 Å². The number of nitro groups is 1. The largest absolute Gasteiger partial charge is 0.339 e. The van der Waals surface area contributed by atoms with Crippen molar-refractivity contribution in [1.29, 1.82) is 0 Å². The SMILES string of the molecule is Cc1ccccc1CN1CCN(C(=O)Cn2cc([N+](=O)[O-])c(C)n2)CC1. The first-order chi connectivity index (χ1) is 12.4. The fraction of sp³-hybridized carbons (Fsp3) is 0.444. The molecule has 1 aromatic heterocycles. The van der Waals surface area contributed by atoms with Gasteiger partial charge in [0, 0.05) is 32.7 Å². The summed E-state index contributed by atoms with van der Waals surface area (Å²) in [5.74, 6) is -0.0575. The van der Waals surface area contributed by atoms with E-state index in [0.29, 0.717) is 18.8 Å². The van der Waals surface area contributed by atoms with Crippen LogP contribution in [0.4, 0.5) is 5.69 Å². The molecule has 1 aromatic carbocycles. The Bertz CT molecular complexity index is 809. The summed E-state index contributed by atoms with van der Waals surface area (Å²) in [5, 5.41) is 14.9. The zero-order chi connectivity index (χ0) is 18.7. The zero-order valence-corrected chi connectivity index (χ0v) is 15.1. The standard InChI is InChI=1S/C18H23N5O3/c1-14-5-3-4-6-16(14)11-20-7-9-21(10-8-20)18(24)13-22-12-17(23(25)26)15(2)19-22/h3-6,12H,7-11,13H2,1-2H3. The highest BCUT2D eigenvalue weighted by atomic mass is 16.6. The molecular weight excluding hydrogens is 334 g/mol. The summed E-state index contributed by atoms with van der Waals surface area (Å²) in [7, 11) is 0. The molecule has 0 radical (unpaired) electrons. The first kappa shape index (κ1) is 18.1. The van der Waals surface area contributed by atoms with Gasteiger partial charge in [0.1, 0.15) is 18.4 Å². The number of hydrogen-bond acceptors (Lipinski definition) is 5. The lowest BCUT2D eigenvalue weighted by molar-refractivity contribution is -0.385.